The summed E-state index contributed by atoms with van der Waals surface area (Å²) in [5, 5.41) is 12.1. The first-order valence-electron chi connectivity index (χ1n) is 10.7. The number of rotatable bonds is 11. The number of amides is 1. The molecule has 1 aromatic heterocycles. The van der Waals surface area contributed by atoms with Crippen molar-refractivity contribution in [3.05, 3.63) is 48.0 Å². The van der Waals surface area contributed by atoms with Crippen LogP contribution < -0.4 is 14.8 Å². The molecule has 0 radical (unpaired) electrons. The second-order valence-electron chi connectivity index (χ2n) is 7.49. The number of benzene rings is 2. The van der Waals surface area contributed by atoms with Gasteiger partial charge in [-0.05, 0) is 56.2 Å². The number of carbonyl (C=O) groups is 1. The summed E-state index contributed by atoms with van der Waals surface area (Å²) in [5.41, 5.74) is 2.71. The topological polar surface area (TPSA) is 87.5 Å². The van der Waals surface area contributed by atoms with E-state index in [4.69, 9.17) is 14.2 Å². The summed E-state index contributed by atoms with van der Waals surface area (Å²) in [6.07, 6.45) is 0.784. The molecule has 3 rings (SSSR count). The van der Waals surface area contributed by atoms with Crippen LogP contribution in [0.1, 0.15) is 18.9 Å². The van der Waals surface area contributed by atoms with E-state index in [-0.39, 0.29) is 11.2 Å². The smallest absolute Gasteiger partial charge is 0.237 e. The maximum atomic E-state index is 12.8. The Morgan fingerprint density at radius 2 is 1.88 bits per heavy atom. The normalized spacial score (nSPS) is 11.8. The van der Waals surface area contributed by atoms with Gasteiger partial charge in [-0.25, -0.2) is 0 Å². The van der Waals surface area contributed by atoms with Crippen LogP contribution in [0.2, 0.25) is 0 Å². The summed E-state index contributed by atoms with van der Waals surface area (Å²) < 4.78 is 18.0. The maximum Gasteiger partial charge on any atom is 0.237 e. The van der Waals surface area contributed by atoms with E-state index in [0.29, 0.717) is 35.6 Å². The van der Waals surface area contributed by atoms with Crippen molar-refractivity contribution in [2.75, 3.05) is 33.3 Å². The minimum absolute atomic E-state index is 0.0929. The minimum Gasteiger partial charge on any atom is -0.493 e. The molecule has 0 bridgehead atoms. The SMILES string of the molecule is COCCCn1c(SC(C)C(=O)Nc2cccc(C)c2)nnc1-c1ccc(OC)c(OC)c1. The molecule has 1 atom stereocenters. The molecule has 1 heterocycles. The molecule has 1 amide bonds. The van der Waals surface area contributed by atoms with E-state index in [1.807, 2.05) is 60.9 Å². The van der Waals surface area contributed by atoms with E-state index in [0.717, 1.165) is 23.2 Å². The fourth-order valence-corrected chi connectivity index (χ4v) is 4.19. The lowest BCUT2D eigenvalue weighted by Gasteiger charge is -2.15. The van der Waals surface area contributed by atoms with Gasteiger partial charge in [0, 0.05) is 31.5 Å². The van der Waals surface area contributed by atoms with Crippen LogP contribution in [0.25, 0.3) is 11.4 Å². The number of hydrogen-bond acceptors (Lipinski definition) is 7. The standard InChI is InChI=1S/C24H30N4O4S/c1-16-8-6-9-19(14-16)25-23(29)17(2)33-24-27-26-22(28(24)12-7-13-30-3)18-10-11-20(31-4)21(15-18)32-5/h6,8-11,14-15,17H,7,12-13H2,1-5H3,(H,25,29). The molecule has 0 aliphatic heterocycles. The van der Waals surface area contributed by atoms with E-state index < -0.39 is 0 Å². The predicted octanol–water partition coefficient (Wildman–Crippen LogP) is 4.43. The van der Waals surface area contributed by atoms with Gasteiger partial charge in [0.05, 0.1) is 19.5 Å². The highest BCUT2D eigenvalue weighted by Gasteiger charge is 2.21. The van der Waals surface area contributed by atoms with E-state index >= 15 is 0 Å². The average Bonchev–Trinajstić information content (AvgIpc) is 3.20. The molecular formula is C24H30N4O4S. The van der Waals surface area contributed by atoms with Crippen LogP contribution in [0.5, 0.6) is 11.5 Å². The summed E-state index contributed by atoms with van der Waals surface area (Å²) in [6, 6.07) is 13.4. The Morgan fingerprint density at radius 3 is 2.58 bits per heavy atom. The minimum atomic E-state index is -0.367. The van der Waals surface area contributed by atoms with Gasteiger partial charge in [-0.1, -0.05) is 23.9 Å². The van der Waals surface area contributed by atoms with Crippen LogP contribution in [0.15, 0.2) is 47.6 Å². The van der Waals surface area contributed by atoms with Gasteiger partial charge in [-0.3, -0.25) is 4.79 Å². The fourth-order valence-electron chi connectivity index (χ4n) is 3.31. The lowest BCUT2D eigenvalue weighted by atomic mass is 10.2. The number of aromatic nitrogens is 3. The van der Waals surface area contributed by atoms with Crippen LogP contribution in [0.3, 0.4) is 0 Å². The summed E-state index contributed by atoms with van der Waals surface area (Å²) in [5.74, 6) is 1.86. The third-order valence-electron chi connectivity index (χ3n) is 5.03. The highest BCUT2D eigenvalue weighted by Crippen LogP contribution is 2.33. The van der Waals surface area contributed by atoms with Crippen molar-refractivity contribution < 1.29 is 19.0 Å². The third-order valence-corrected chi connectivity index (χ3v) is 6.11. The first-order valence-corrected chi connectivity index (χ1v) is 11.5. The Kier molecular flexibility index (Phi) is 8.73. The molecule has 2 aromatic carbocycles. The number of thioether (sulfide) groups is 1. The van der Waals surface area contributed by atoms with Gasteiger partial charge in [0.2, 0.25) is 5.91 Å². The molecule has 1 unspecified atom stereocenters. The van der Waals surface area contributed by atoms with Crippen molar-refractivity contribution in [3.63, 3.8) is 0 Å². The largest absolute Gasteiger partial charge is 0.493 e. The summed E-state index contributed by atoms with van der Waals surface area (Å²) in [4.78, 5) is 12.8. The highest BCUT2D eigenvalue weighted by molar-refractivity contribution is 8.00. The average molecular weight is 471 g/mol. The number of hydrogen-bond donors (Lipinski definition) is 1. The van der Waals surface area contributed by atoms with Crippen molar-refractivity contribution in [3.8, 4) is 22.9 Å². The van der Waals surface area contributed by atoms with Crippen LogP contribution in [0, 0.1) is 6.92 Å². The number of ether oxygens (including phenoxy) is 3. The quantitative estimate of drug-likeness (QED) is 0.328. The monoisotopic (exact) mass is 470 g/mol. The van der Waals surface area contributed by atoms with Gasteiger partial charge in [0.1, 0.15) is 0 Å². The van der Waals surface area contributed by atoms with Gasteiger partial charge in [-0.2, -0.15) is 0 Å². The highest BCUT2D eigenvalue weighted by atomic mass is 32.2. The fraction of sp³-hybridized carbons (Fsp3) is 0.375. The van der Waals surface area contributed by atoms with Crippen molar-refractivity contribution in [1.29, 1.82) is 0 Å². The number of aryl methyl sites for hydroxylation is 1. The Hall–Kier alpha value is -3.04. The molecule has 9 heteroatoms. The number of carbonyl (C=O) groups excluding carboxylic acids is 1. The molecule has 0 saturated heterocycles. The molecule has 0 aliphatic carbocycles. The van der Waals surface area contributed by atoms with Crippen molar-refractivity contribution in [1.82, 2.24) is 14.8 Å². The van der Waals surface area contributed by atoms with E-state index in [2.05, 4.69) is 15.5 Å². The third kappa shape index (κ3) is 6.27. The molecule has 1 N–H and O–H groups in total. The second kappa shape index (κ2) is 11.7. The Balaban J connectivity index is 1.84. The number of anilines is 1. The van der Waals surface area contributed by atoms with Gasteiger partial charge >= 0.3 is 0 Å². The number of nitrogens with zero attached hydrogens (tertiary/aromatic N) is 3. The molecular weight excluding hydrogens is 440 g/mol. The zero-order valence-corrected chi connectivity index (χ0v) is 20.4. The van der Waals surface area contributed by atoms with Gasteiger partial charge in [0.15, 0.2) is 22.5 Å². The summed E-state index contributed by atoms with van der Waals surface area (Å²) in [7, 11) is 4.87. The Bertz CT molecular complexity index is 1090. The molecule has 0 spiro atoms. The van der Waals surface area contributed by atoms with Crippen LogP contribution in [-0.2, 0) is 16.1 Å². The zero-order chi connectivity index (χ0) is 23.8. The van der Waals surface area contributed by atoms with Gasteiger partial charge < -0.3 is 24.1 Å². The molecule has 176 valence electrons. The molecule has 8 nitrogen and oxygen atoms in total. The predicted molar refractivity (Wildman–Crippen MR) is 130 cm³/mol. The van der Waals surface area contributed by atoms with Crippen molar-refractivity contribution >= 4 is 23.4 Å². The van der Waals surface area contributed by atoms with E-state index in [9.17, 15) is 4.79 Å². The van der Waals surface area contributed by atoms with Crippen LogP contribution in [0.4, 0.5) is 5.69 Å². The van der Waals surface area contributed by atoms with Crippen molar-refractivity contribution in [2.45, 2.75) is 37.2 Å². The Morgan fingerprint density at radius 1 is 1.09 bits per heavy atom. The lowest BCUT2D eigenvalue weighted by Crippen LogP contribution is -2.23. The summed E-state index contributed by atoms with van der Waals surface area (Å²) in [6.45, 7) is 5.11. The first kappa shape index (κ1) is 24.6. The van der Waals surface area contributed by atoms with Gasteiger partial charge in [0.25, 0.3) is 0 Å². The molecule has 0 fully saturated rings. The molecule has 33 heavy (non-hydrogen) atoms. The van der Waals surface area contributed by atoms with E-state index in [1.165, 1.54) is 11.8 Å². The number of methoxy groups -OCH3 is 3. The van der Waals surface area contributed by atoms with Crippen molar-refractivity contribution in [2.24, 2.45) is 0 Å². The molecule has 0 aliphatic rings. The lowest BCUT2D eigenvalue weighted by molar-refractivity contribution is -0.115. The number of nitrogens with one attached hydrogen (secondary N) is 1. The molecule has 3 aromatic rings. The zero-order valence-electron chi connectivity index (χ0n) is 19.6. The van der Waals surface area contributed by atoms with Gasteiger partial charge in [-0.15, -0.1) is 10.2 Å². The second-order valence-corrected chi connectivity index (χ2v) is 8.80. The van der Waals surface area contributed by atoms with Crippen LogP contribution >= 0.6 is 11.8 Å². The van der Waals surface area contributed by atoms with Crippen LogP contribution in [-0.4, -0.2) is 53.9 Å². The molecule has 0 saturated carbocycles. The maximum absolute atomic E-state index is 12.8. The first-order chi connectivity index (χ1) is 16.0. The van der Waals surface area contributed by atoms with E-state index in [1.54, 1.807) is 21.3 Å². The summed E-state index contributed by atoms with van der Waals surface area (Å²) >= 11 is 1.37. The Labute approximate surface area is 198 Å².